The van der Waals surface area contributed by atoms with E-state index in [4.69, 9.17) is 9.47 Å². The highest BCUT2D eigenvalue weighted by atomic mass is 16.5. The van der Waals surface area contributed by atoms with Crippen molar-refractivity contribution in [3.8, 4) is 0 Å². The van der Waals surface area contributed by atoms with Crippen molar-refractivity contribution >= 4 is 11.5 Å². The van der Waals surface area contributed by atoms with Crippen molar-refractivity contribution in [2.45, 2.75) is 69.2 Å². The standard InChI is InChI=1S/C37H43O3/c1-23(26-20-27(35(2,3)4)22-28(21-26)36(5,6)7)32-33(38)29(34(32)39-11)17-24-18-30(25-15-13-12-14-16-25)40-31(19-24)37(8,9)10/h12-21H,1-11H3/q+1. The van der Waals surface area contributed by atoms with Crippen LogP contribution in [0.2, 0.25) is 0 Å². The van der Waals surface area contributed by atoms with Gasteiger partial charge >= 0.3 is 0 Å². The predicted octanol–water partition coefficient (Wildman–Crippen LogP) is 9.40. The van der Waals surface area contributed by atoms with Crippen LogP contribution in [-0.4, -0.2) is 12.9 Å². The van der Waals surface area contributed by atoms with Crippen molar-refractivity contribution in [1.29, 1.82) is 0 Å². The van der Waals surface area contributed by atoms with Crippen LogP contribution in [-0.2, 0) is 14.3 Å². The zero-order valence-electron chi connectivity index (χ0n) is 26.0. The van der Waals surface area contributed by atoms with Crippen LogP contribution in [0.4, 0.5) is 0 Å². The van der Waals surface area contributed by atoms with Crippen molar-refractivity contribution in [2.24, 2.45) is 16.2 Å². The van der Waals surface area contributed by atoms with E-state index >= 15 is 0 Å². The fraction of sp³-hybridized carbons (Fsp3) is 0.378. The van der Waals surface area contributed by atoms with Crippen LogP contribution in [0, 0.1) is 22.3 Å². The lowest BCUT2D eigenvalue weighted by atomic mass is 9.74. The van der Waals surface area contributed by atoms with Crippen molar-refractivity contribution < 1.29 is 14.3 Å². The van der Waals surface area contributed by atoms with E-state index in [1.54, 1.807) is 7.11 Å². The van der Waals surface area contributed by atoms with Crippen LogP contribution in [0.25, 0.3) is 5.76 Å². The maximum atomic E-state index is 13.7. The van der Waals surface area contributed by atoms with Crippen molar-refractivity contribution in [3.05, 3.63) is 123 Å². The summed E-state index contributed by atoms with van der Waals surface area (Å²) in [6.45, 7) is 21.6. The Morgan fingerprint density at radius 2 is 1.50 bits per heavy atom. The molecule has 3 heteroatoms. The molecule has 4 rings (SSSR count). The molecule has 0 unspecified atom stereocenters. The van der Waals surface area contributed by atoms with Gasteiger partial charge in [-0.3, -0.25) is 4.79 Å². The second kappa shape index (κ2) is 10.4. The van der Waals surface area contributed by atoms with Crippen molar-refractivity contribution in [3.63, 3.8) is 0 Å². The monoisotopic (exact) mass is 535 g/mol. The minimum Gasteiger partial charge on any atom is -0.495 e. The zero-order chi connectivity index (χ0) is 29.6. The summed E-state index contributed by atoms with van der Waals surface area (Å²) in [5, 5.41) is 0. The molecule has 2 aliphatic carbocycles. The van der Waals surface area contributed by atoms with Gasteiger partial charge in [0.15, 0.2) is 0 Å². The Morgan fingerprint density at radius 1 is 0.850 bits per heavy atom. The summed E-state index contributed by atoms with van der Waals surface area (Å²) in [5.41, 5.74) is 7.01. The van der Waals surface area contributed by atoms with E-state index in [1.807, 2.05) is 55.5 Å². The fourth-order valence-electron chi connectivity index (χ4n) is 4.72. The summed E-state index contributed by atoms with van der Waals surface area (Å²) in [5.74, 6) is 2.24. The van der Waals surface area contributed by atoms with E-state index in [0.29, 0.717) is 16.9 Å². The van der Waals surface area contributed by atoms with E-state index in [1.165, 1.54) is 0 Å². The molecule has 0 bridgehead atoms. The molecule has 3 nitrogen and oxygen atoms in total. The first-order valence-corrected chi connectivity index (χ1v) is 14.0. The summed E-state index contributed by atoms with van der Waals surface area (Å²) >= 11 is 0. The van der Waals surface area contributed by atoms with Gasteiger partial charge < -0.3 is 9.47 Å². The quantitative estimate of drug-likeness (QED) is 0.285. The Labute approximate surface area is 241 Å². The van der Waals surface area contributed by atoms with E-state index < -0.39 is 0 Å². The molecule has 0 saturated heterocycles. The largest absolute Gasteiger partial charge is 0.495 e. The lowest BCUT2D eigenvalue weighted by Gasteiger charge is -2.29. The first kappa shape index (κ1) is 29.3. The minimum atomic E-state index is -0.197. The van der Waals surface area contributed by atoms with Gasteiger partial charge in [-0.25, -0.2) is 0 Å². The minimum absolute atomic E-state index is 0.00355. The lowest BCUT2D eigenvalue weighted by Crippen LogP contribution is -2.25. The van der Waals surface area contributed by atoms with E-state index in [-0.39, 0.29) is 22.0 Å². The summed E-state index contributed by atoms with van der Waals surface area (Å²) in [6.07, 6.45) is 13.9. The number of hydrogen-bond acceptors (Lipinski definition) is 3. The number of methoxy groups -OCH3 is 1. The topological polar surface area (TPSA) is 35.5 Å². The average Bonchev–Trinajstić information content (AvgIpc) is 2.88. The third-order valence-corrected chi connectivity index (χ3v) is 7.36. The van der Waals surface area contributed by atoms with Gasteiger partial charge in [0.25, 0.3) is 0 Å². The molecule has 40 heavy (non-hydrogen) atoms. The molecule has 3 aliphatic rings. The van der Waals surface area contributed by atoms with Gasteiger partial charge in [0, 0.05) is 27.9 Å². The Kier molecular flexibility index (Phi) is 7.60. The number of ketones is 1. The maximum Gasteiger partial charge on any atom is 0.200 e. The van der Waals surface area contributed by atoms with Gasteiger partial charge in [-0.1, -0.05) is 92.6 Å². The molecule has 0 spiro atoms. The molecule has 1 aliphatic heterocycles. The molecular formula is C37H43O3+. The Morgan fingerprint density at radius 3 is 2.05 bits per heavy atom. The summed E-state index contributed by atoms with van der Waals surface area (Å²) in [6, 6.07) is 10.0. The fourth-order valence-corrected chi connectivity index (χ4v) is 4.72. The maximum absolute atomic E-state index is 13.7. The first-order chi connectivity index (χ1) is 18.5. The summed E-state index contributed by atoms with van der Waals surface area (Å²) < 4.78 is 12.2. The van der Waals surface area contributed by atoms with Gasteiger partial charge in [0.2, 0.25) is 5.78 Å². The second-order valence-electron chi connectivity index (χ2n) is 13.9. The van der Waals surface area contributed by atoms with Crippen LogP contribution >= 0.6 is 0 Å². The molecule has 0 atom stereocenters. The third kappa shape index (κ3) is 5.91. The van der Waals surface area contributed by atoms with Crippen molar-refractivity contribution in [1.82, 2.24) is 0 Å². The first-order valence-electron chi connectivity index (χ1n) is 14.0. The number of carbonyl (C=O) groups excluding carboxylic acids is 1. The number of rotatable bonds is 4. The van der Waals surface area contributed by atoms with Crippen LogP contribution in [0.1, 0.15) is 74.8 Å². The zero-order valence-corrected chi connectivity index (χ0v) is 26.0. The Hall–Kier alpha value is -3.68. The molecule has 1 aromatic rings. The average molecular weight is 536 g/mol. The number of Topliss-reactive ketones (excluding diaryl/α,β-unsaturated/α-hetero) is 1. The van der Waals surface area contributed by atoms with Gasteiger partial charge in [0.1, 0.15) is 28.4 Å². The SMILES string of the molecule is COC1=C(C=C2C=C(c3ccccc3)OC(C(C)(C)C)=C2)C(=O)C1=C(C)C1=CC(C(C)(C)C)=[C+]C(C(C)(C)C)=C1. The van der Waals surface area contributed by atoms with E-state index in [9.17, 15) is 4.79 Å². The molecule has 1 aromatic carbocycles. The molecule has 0 amide bonds. The van der Waals surface area contributed by atoms with Crippen molar-refractivity contribution in [2.75, 3.05) is 7.11 Å². The molecule has 0 N–H and O–H groups in total. The van der Waals surface area contributed by atoms with E-state index in [0.717, 1.165) is 44.9 Å². The highest BCUT2D eigenvalue weighted by Crippen LogP contribution is 2.43. The highest BCUT2D eigenvalue weighted by Gasteiger charge is 2.39. The van der Waals surface area contributed by atoms with E-state index in [2.05, 4.69) is 80.5 Å². The summed E-state index contributed by atoms with van der Waals surface area (Å²) in [4.78, 5) is 13.7. The molecule has 208 valence electrons. The molecule has 0 radical (unpaired) electrons. The third-order valence-electron chi connectivity index (χ3n) is 7.36. The highest BCUT2D eigenvalue weighted by molar-refractivity contribution is 6.22. The van der Waals surface area contributed by atoms with Gasteiger partial charge in [-0.2, -0.15) is 0 Å². The number of carbonyl (C=O) groups is 1. The molecular weight excluding hydrogens is 492 g/mol. The number of allylic oxidation sites excluding steroid dienone is 14. The number of benzene rings is 1. The Bertz CT molecular complexity index is 1460. The molecule has 0 aromatic heterocycles. The normalized spacial score (nSPS) is 20.4. The van der Waals surface area contributed by atoms with Gasteiger partial charge in [-0.05, 0) is 36.3 Å². The summed E-state index contributed by atoms with van der Waals surface area (Å²) in [7, 11) is 1.64. The number of hydrogen-bond donors (Lipinski definition) is 0. The smallest absolute Gasteiger partial charge is 0.200 e. The lowest BCUT2D eigenvalue weighted by molar-refractivity contribution is -0.113. The number of ether oxygens (including phenoxy) is 2. The van der Waals surface area contributed by atoms with Crippen LogP contribution < -0.4 is 0 Å². The predicted molar refractivity (Wildman–Crippen MR) is 165 cm³/mol. The molecule has 1 heterocycles. The van der Waals surface area contributed by atoms with Crippen LogP contribution in [0.15, 0.2) is 111 Å². The second-order valence-corrected chi connectivity index (χ2v) is 13.9. The van der Waals surface area contributed by atoms with Crippen LogP contribution in [0.5, 0.6) is 0 Å². The van der Waals surface area contributed by atoms with Gasteiger partial charge in [0.05, 0.1) is 36.0 Å². The molecule has 0 saturated carbocycles. The van der Waals surface area contributed by atoms with Gasteiger partial charge in [-0.15, -0.1) is 0 Å². The van der Waals surface area contributed by atoms with Crippen LogP contribution in [0.3, 0.4) is 0 Å². The Balaban J connectivity index is 1.82. The molecule has 0 fully saturated rings.